The lowest BCUT2D eigenvalue weighted by molar-refractivity contribution is -0.134. The van der Waals surface area contributed by atoms with Gasteiger partial charge in [-0.3, -0.25) is 4.79 Å². The molecule has 3 rings (SSSR count). The molecule has 1 N–H and O–H groups in total. The van der Waals surface area contributed by atoms with Crippen LogP contribution in [0.2, 0.25) is 0 Å². The summed E-state index contributed by atoms with van der Waals surface area (Å²) < 4.78 is 29.2. The number of carbonyl (C=O) groups is 1. The number of anilines is 1. The van der Waals surface area contributed by atoms with Gasteiger partial charge in [-0.1, -0.05) is 31.4 Å². The minimum atomic E-state index is -3.02. The number of amides is 1. The van der Waals surface area contributed by atoms with Crippen molar-refractivity contribution in [2.75, 3.05) is 30.5 Å². The molecule has 1 heterocycles. The van der Waals surface area contributed by atoms with E-state index in [1.165, 1.54) is 6.42 Å². The predicted molar refractivity (Wildman–Crippen MR) is 102 cm³/mol. The van der Waals surface area contributed by atoms with Gasteiger partial charge in [-0.05, 0) is 31.4 Å². The van der Waals surface area contributed by atoms with Gasteiger partial charge in [-0.2, -0.15) is 0 Å². The van der Waals surface area contributed by atoms with Crippen molar-refractivity contribution in [1.82, 2.24) is 4.90 Å². The van der Waals surface area contributed by atoms with Gasteiger partial charge in [0.2, 0.25) is 5.91 Å². The molecule has 0 radical (unpaired) electrons. The van der Waals surface area contributed by atoms with Gasteiger partial charge in [-0.15, -0.1) is 0 Å². The molecule has 1 atom stereocenters. The second-order valence-corrected chi connectivity index (χ2v) is 9.43. The number of hydrogen-bond acceptors (Lipinski definition) is 5. The summed E-state index contributed by atoms with van der Waals surface area (Å²) in [7, 11) is -1.43. The average Bonchev–Trinajstić information content (AvgIpc) is 3.00. The molecular weight excluding hydrogens is 352 g/mol. The number of hydrogen-bond donors (Lipinski definition) is 1. The fraction of sp³-hybridized carbons (Fsp3) is 0.632. The quantitative estimate of drug-likeness (QED) is 0.820. The van der Waals surface area contributed by atoms with Gasteiger partial charge in [-0.25, -0.2) is 8.42 Å². The summed E-state index contributed by atoms with van der Waals surface area (Å²) in [5.41, 5.74) is 0.769. The maximum absolute atomic E-state index is 13.0. The number of benzene rings is 1. The second kappa shape index (κ2) is 8.29. The summed E-state index contributed by atoms with van der Waals surface area (Å²) in [4.78, 5) is 14.9. The predicted octanol–water partition coefficient (Wildman–Crippen LogP) is 2.46. The number of carbonyl (C=O) groups excluding carboxylic acids is 1. The summed E-state index contributed by atoms with van der Waals surface area (Å²) in [5, 5.41) is 3.16. The molecule has 1 unspecified atom stereocenters. The third-order valence-electron chi connectivity index (χ3n) is 5.39. The largest absolute Gasteiger partial charge is 0.495 e. The van der Waals surface area contributed by atoms with E-state index >= 15 is 0 Å². The van der Waals surface area contributed by atoms with Crippen LogP contribution in [0.25, 0.3) is 0 Å². The molecule has 1 aromatic rings. The van der Waals surface area contributed by atoms with Crippen LogP contribution in [0.4, 0.5) is 5.69 Å². The van der Waals surface area contributed by atoms with Crippen LogP contribution in [0.1, 0.15) is 38.5 Å². The first-order valence-electron chi connectivity index (χ1n) is 9.38. The fourth-order valence-corrected chi connectivity index (χ4v) is 5.82. The van der Waals surface area contributed by atoms with Gasteiger partial charge in [0.25, 0.3) is 0 Å². The Morgan fingerprint density at radius 2 is 1.88 bits per heavy atom. The van der Waals surface area contributed by atoms with Gasteiger partial charge in [0, 0.05) is 12.1 Å². The fourth-order valence-electron chi connectivity index (χ4n) is 4.11. The first kappa shape index (κ1) is 19.0. The zero-order chi connectivity index (χ0) is 18.6. The normalized spacial score (nSPS) is 22.7. The Balaban J connectivity index is 1.72. The van der Waals surface area contributed by atoms with Crippen molar-refractivity contribution in [3.63, 3.8) is 0 Å². The van der Waals surface area contributed by atoms with E-state index in [1.807, 2.05) is 29.2 Å². The average molecular weight is 381 g/mol. The smallest absolute Gasteiger partial charge is 0.242 e. The Hall–Kier alpha value is -1.76. The van der Waals surface area contributed by atoms with Crippen molar-refractivity contribution in [2.24, 2.45) is 0 Å². The lowest BCUT2D eigenvalue weighted by atomic mass is 9.93. The topological polar surface area (TPSA) is 75.7 Å². The molecule has 1 aliphatic heterocycles. The van der Waals surface area contributed by atoms with Crippen LogP contribution in [0.15, 0.2) is 24.3 Å². The summed E-state index contributed by atoms with van der Waals surface area (Å²) in [5.74, 6) is 0.954. The molecule has 7 heteroatoms. The minimum absolute atomic E-state index is 0.0232. The maximum atomic E-state index is 13.0. The van der Waals surface area contributed by atoms with Crippen molar-refractivity contribution < 1.29 is 17.9 Å². The first-order chi connectivity index (χ1) is 12.5. The van der Waals surface area contributed by atoms with Gasteiger partial charge >= 0.3 is 0 Å². The Labute approximate surface area is 155 Å². The molecular formula is C19H28N2O4S. The first-order valence-corrected chi connectivity index (χ1v) is 11.2. The summed E-state index contributed by atoms with van der Waals surface area (Å²) in [6, 6.07) is 7.46. The highest BCUT2D eigenvalue weighted by Gasteiger charge is 2.38. The summed E-state index contributed by atoms with van der Waals surface area (Å²) in [6.07, 6.45) is 5.90. The number of methoxy groups -OCH3 is 1. The van der Waals surface area contributed by atoms with Gasteiger partial charge in [0.15, 0.2) is 9.84 Å². The van der Waals surface area contributed by atoms with Crippen LogP contribution in [0.5, 0.6) is 5.75 Å². The van der Waals surface area contributed by atoms with Crippen LogP contribution in [0, 0.1) is 0 Å². The minimum Gasteiger partial charge on any atom is -0.495 e. The van der Waals surface area contributed by atoms with E-state index in [4.69, 9.17) is 4.74 Å². The van der Waals surface area contributed by atoms with Crippen molar-refractivity contribution in [3.8, 4) is 5.75 Å². The Kier molecular flexibility index (Phi) is 6.06. The zero-order valence-electron chi connectivity index (χ0n) is 15.3. The highest BCUT2D eigenvalue weighted by atomic mass is 32.2. The Morgan fingerprint density at radius 1 is 1.15 bits per heavy atom. The molecule has 0 spiro atoms. The third kappa shape index (κ3) is 4.50. The number of rotatable bonds is 6. The number of ether oxygens (including phenoxy) is 1. The molecule has 1 saturated heterocycles. The number of nitrogens with zero attached hydrogens (tertiary/aromatic N) is 1. The molecule has 1 aromatic carbocycles. The van der Waals surface area contributed by atoms with E-state index < -0.39 is 9.84 Å². The van der Waals surface area contributed by atoms with Crippen molar-refractivity contribution in [3.05, 3.63) is 24.3 Å². The molecule has 0 aromatic heterocycles. The standard InChI is InChI=1S/C19H28N2O4S/c1-25-18-10-6-5-9-17(18)20-13-19(22)21(15-7-3-2-4-8-15)16-11-12-26(23,24)14-16/h5-6,9-10,15-16,20H,2-4,7-8,11-14H2,1H3. The Morgan fingerprint density at radius 3 is 2.54 bits per heavy atom. The van der Waals surface area contributed by atoms with Crippen molar-refractivity contribution in [2.45, 2.75) is 50.6 Å². The highest BCUT2D eigenvalue weighted by molar-refractivity contribution is 7.91. The monoisotopic (exact) mass is 380 g/mol. The van der Waals surface area contributed by atoms with Crippen molar-refractivity contribution in [1.29, 1.82) is 0 Å². The molecule has 2 aliphatic rings. The molecule has 144 valence electrons. The SMILES string of the molecule is COc1ccccc1NCC(=O)N(C1CCCCC1)C1CCS(=O)(=O)C1. The molecule has 2 fully saturated rings. The zero-order valence-corrected chi connectivity index (χ0v) is 16.1. The highest BCUT2D eigenvalue weighted by Crippen LogP contribution is 2.29. The van der Waals surface area contributed by atoms with E-state index in [0.29, 0.717) is 12.2 Å². The lowest BCUT2D eigenvalue weighted by Crippen LogP contribution is -2.50. The number of para-hydroxylation sites is 2. The molecule has 1 amide bonds. The lowest BCUT2D eigenvalue weighted by Gasteiger charge is -2.38. The van der Waals surface area contributed by atoms with Gasteiger partial charge < -0.3 is 15.0 Å². The van der Waals surface area contributed by atoms with Crippen LogP contribution >= 0.6 is 0 Å². The van der Waals surface area contributed by atoms with E-state index in [9.17, 15) is 13.2 Å². The van der Waals surface area contributed by atoms with Crippen LogP contribution in [-0.4, -0.2) is 56.5 Å². The van der Waals surface area contributed by atoms with E-state index in [-0.39, 0.29) is 36.0 Å². The maximum Gasteiger partial charge on any atom is 0.242 e. The van der Waals surface area contributed by atoms with Crippen molar-refractivity contribution >= 4 is 21.4 Å². The molecule has 26 heavy (non-hydrogen) atoms. The summed E-state index contributed by atoms with van der Waals surface area (Å²) >= 11 is 0. The number of sulfone groups is 1. The Bertz CT molecular complexity index is 729. The molecule has 1 aliphatic carbocycles. The molecule has 1 saturated carbocycles. The molecule has 0 bridgehead atoms. The van der Waals surface area contributed by atoms with Crippen LogP contribution in [-0.2, 0) is 14.6 Å². The third-order valence-corrected chi connectivity index (χ3v) is 7.15. The van der Waals surface area contributed by atoms with Crippen LogP contribution < -0.4 is 10.1 Å². The molecule has 6 nitrogen and oxygen atoms in total. The second-order valence-electron chi connectivity index (χ2n) is 7.20. The number of nitrogens with one attached hydrogen (secondary N) is 1. The van der Waals surface area contributed by atoms with Gasteiger partial charge in [0.1, 0.15) is 5.75 Å². The van der Waals surface area contributed by atoms with Gasteiger partial charge in [0.05, 0.1) is 30.8 Å². The van der Waals surface area contributed by atoms with E-state index in [1.54, 1.807) is 7.11 Å². The summed E-state index contributed by atoms with van der Waals surface area (Å²) in [6.45, 7) is 0.146. The van der Waals surface area contributed by atoms with E-state index in [0.717, 1.165) is 31.4 Å². The van der Waals surface area contributed by atoms with Crippen LogP contribution in [0.3, 0.4) is 0 Å². The van der Waals surface area contributed by atoms with E-state index in [2.05, 4.69) is 5.32 Å².